The van der Waals surface area contributed by atoms with Gasteiger partial charge in [-0.25, -0.2) is 4.98 Å². The van der Waals surface area contributed by atoms with E-state index in [2.05, 4.69) is 4.98 Å². The molecule has 7 heteroatoms. The van der Waals surface area contributed by atoms with Crippen LogP contribution in [0.25, 0.3) is 0 Å². The highest BCUT2D eigenvalue weighted by Gasteiger charge is 2.20. The molecule has 110 valence electrons. The van der Waals surface area contributed by atoms with Crippen molar-refractivity contribution in [2.45, 2.75) is 32.7 Å². The molecule has 0 spiro atoms. The lowest BCUT2D eigenvalue weighted by Crippen LogP contribution is -2.38. The third-order valence-electron chi connectivity index (χ3n) is 2.72. The summed E-state index contributed by atoms with van der Waals surface area (Å²) in [6, 6.07) is 1.41. The van der Waals surface area contributed by atoms with Crippen LogP contribution in [-0.2, 0) is 4.79 Å². The molecule has 1 amide bonds. The maximum Gasteiger partial charge on any atom is 0.303 e. The van der Waals surface area contributed by atoms with Gasteiger partial charge in [0.25, 0.3) is 5.91 Å². The molecule has 0 aromatic carbocycles. The van der Waals surface area contributed by atoms with E-state index in [-0.39, 0.29) is 28.5 Å². The lowest BCUT2D eigenvalue weighted by molar-refractivity contribution is -0.137. The summed E-state index contributed by atoms with van der Waals surface area (Å²) >= 11 is 11.6. The maximum absolute atomic E-state index is 12.4. The number of carboxylic acid groups (broad SMARTS) is 1. The molecular formula is C13H16Cl2N2O3. The number of carbonyl (C=O) groups is 2. The molecule has 1 N–H and O–H groups in total. The number of aromatic nitrogens is 1. The van der Waals surface area contributed by atoms with Crippen molar-refractivity contribution in [3.8, 4) is 0 Å². The first kappa shape index (κ1) is 16.7. The van der Waals surface area contributed by atoms with E-state index in [1.165, 1.54) is 12.3 Å². The molecule has 1 aromatic rings. The third-order valence-corrected chi connectivity index (χ3v) is 3.40. The highest BCUT2D eigenvalue weighted by Crippen LogP contribution is 2.21. The van der Waals surface area contributed by atoms with Crippen LogP contribution in [0, 0.1) is 0 Å². The standard InChI is InChI=1S/C13H16Cl2N2O3/c1-8(2)17(5-3-4-11(18)19)13(20)9-6-10(14)12(15)16-7-9/h6-8H,3-5H2,1-2H3,(H,18,19). The SMILES string of the molecule is CC(C)N(CCCC(=O)O)C(=O)c1cnc(Cl)c(Cl)c1. The van der Waals surface area contributed by atoms with Gasteiger partial charge in [-0.15, -0.1) is 0 Å². The molecule has 0 radical (unpaired) electrons. The van der Waals surface area contributed by atoms with E-state index < -0.39 is 5.97 Å². The van der Waals surface area contributed by atoms with Gasteiger partial charge in [0.15, 0.2) is 0 Å². The Morgan fingerprint density at radius 3 is 2.55 bits per heavy atom. The number of carboxylic acids is 1. The Hall–Kier alpha value is -1.33. The Labute approximate surface area is 127 Å². The second-order valence-corrected chi connectivity index (χ2v) is 5.35. The third kappa shape index (κ3) is 4.65. The highest BCUT2D eigenvalue weighted by molar-refractivity contribution is 6.41. The fourth-order valence-electron chi connectivity index (χ4n) is 1.70. The number of hydrogen-bond donors (Lipinski definition) is 1. The van der Waals surface area contributed by atoms with Crippen LogP contribution in [0.3, 0.4) is 0 Å². The van der Waals surface area contributed by atoms with E-state index in [9.17, 15) is 9.59 Å². The number of aliphatic carboxylic acids is 1. The molecule has 0 saturated heterocycles. The Morgan fingerprint density at radius 2 is 2.05 bits per heavy atom. The second kappa shape index (κ2) is 7.45. The number of hydrogen-bond acceptors (Lipinski definition) is 3. The van der Waals surface area contributed by atoms with Gasteiger partial charge in [0.1, 0.15) is 5.15 Å². The van der Waals surface area contributed by atoms with E-state index in [4.69, 9.17) is 28.3 Å². The Bertz CT molecular complexity index is 506. The van der Waals surface area contributed by atoms with Gasteiger partial charge in [0, 0.05) is 25.2 Å². The minimum atomic E-state index is -0.877. The van der Waals surface area contributed by atoms with E-state index >= 15 is 0 Å². The quantitative estimate of drug-likeness (QED) is 0.818. The zero-order valence-electron chi connectivity index (χ0n) is 11.3. The van der Waals surface area contributed by atoms with Crippen molar-refractivity contribution in [1.29, 1.82) is 0 Å². The van der Waals surface area contributed by atoms with Gasteiger partial charge < -0.3 is 10.0 Å². The topological polar surface area (TPSA) is 70.5 Å². The summed E-state index contributed by atoms with van der Waals surface area (Å²) in [4.78, 5) is 28.3. The van der Waals surface area contributed by atoms with Crippen LogP contribution in [0.1, 0.15) is 37.0 Å². The minimum Gasteiger partial charge on any atom is -0.481 e. The van der Waals surface area contributed by atoms with E-state index in [0.29, 0.717) is 18.5 Å². The van der Waals surface area contributed by atoms with Crippen molar-refractivity contribution in [2.24, 2.45) is 0 Å². The van der Waals surface area contributed by atoms with Crippen LogP contribution >= 0.6 is 23.2 Å². The smallest absolute Gasteiger partial charge is 0.303 e. The van der Waals surface area contributed by atoms with Crippen LogP contribution in [0.4, 0.5) is 0 Å². The first-order valence-electron chi connectivity index (χ1n) is 6.16. The number of pyridine rings is 1. The maximum atomic E-state index is 12.4. The van der Waals surface area contributed by atoms with Crippen LogP contribution in [0.2, 0.25) is 10.2 Å². The molecule has 0 aliphatic rings. The molecule has 1 rings (SSSR count). The highest BCUT2D eigenvalue weighted by atomic mass is 35.5. The molecular weight excluding hydrogens is 303 g/mol. The molecule has 0 aliphatic carbocycles. The monoisotopic (exact) mass is 318 g/mol. The zero-order valence-corrected chi connectivity index (χ0v) is 12.8. The summed E-state index contributed by atoms with van der Waals surface area (Å²) in [5.41, 5.74) is 0.337. The van der Waals surface area contributed by atoms with Crippen LogP contribution < -0.4 is 0 Å². The van der Waals surface area contributed by atoms with Gasteiger partial charge in [0.2, 0.25) is 0 Å². The number of carbonyl (C=O) groups excluding carboxylic acids is 1. The van der Waals surface area contributed by atoms with Crippen molar-refractivity contribution >= 4 is 35.1 Å². The van der Waals surface area contributed by atoms with Crippen molar-refractivity contribution in [1.82, 2.24) is 9.88 Å². The number of halogens is 2. The van der Waals surface area contributed by atoms with Gasteiger partial charge in [-0.2, -0.15) is 0 Å². The molecule has 1 heterocycles. The Morgan fingerprint density at radius 1 is 1.40 bits per heavy atom. The molecule has 20 heavy (non-hydrogen) atoms. The summed E-state index contributed by atoms with van der Waals surface area (Å²) < 4.78 is 0. The van der Waals surface area contributed by atoms with Crippen molar-refractivity contribution in [3.05, 3.63) is 28.0 Å². The fraction of sp³-hybridized carbons (Fsp3) is 0.462. The average Bonchev–Trinajstić information content (AvgIpc) is 2.36. The predicted molar refractivity (Wildman–Crippen MR) is 77.3 cm³/mol. The van der Waals surface area contributed by atoms with Crippen LogP contribution in [-0.4, -0.2) is 39.5 Å². The first-order valence-corrected chi connectivity index (χ1v) is 6.92. The van der Waals surface area contributed by atoms with E-state index in [0.717, 1.165) is 0 Å². The van der Waals surface area contributed by atoms with Crippen LogP contribution in [0.5, 0.6) is 0 Å². The van der Waals surface area contributed by atoms with Crippen molar-refractivity contribution < 1.29 is 14.7 Å². The normalized spacial score (nSPS) is 10.7. The van der Waals surface area contributed by atoms with Gasteiger partial charge in [-0.1, -0.05) is 23.2 Å². The number of nitrogens with zero attached hydrogens (tertiary/aromatic N) is 2. The first-order chi connectivity index (χ1) is 9.32. The molecule has 0 fully saturated rings. The number of amides is 1. The predicted octanol–water partition coefficient (Wildman–Crippen LogP) is 3.10. The molecule has 5 nitrogen and oxygen atoms in total. The summed E-state index contributed by atoms with van der Waals surface area (Å²) in [6.07, 6.45) is 1.78. The Kier molecular flexibility index (Phi) is 6.23. The minimum absolute atomic E-state index is 0.0239. The zero-order chi connectivity index (χ0) is 15.3. The number of rotatable bonds is 6. The van der Waals surface area contributed by atoms with Gasteiger partial charge in [-0.05, 0) is 26.3 Å². The van der Waals surface area contributed by atoms with Crippen molar-refractivity contribution in [2.75, 3.05) is 6.54 Å². The fourth-order valence-corrected chi connectivity index (χ4v) is 1.97. The molecule has 0 unspecified atom stereocenters. The summed E-state index contributed by atoms with van der Waals surface area (Å²) in [5, 5.41) is 9.00. The summed E-state index contributed by atoms with van der Waals surface area (Å²) in [7, 11) is 0. The van der Waals surface area contributed by atoms with E-state index in [1.54, 1.807) is 4.90 Å². The molecule has 0 bridgehead atoms. The molecule has 0 saturated carbocycles. The summed E-state index contributed by atoms with van der Waals surface area (Å²) in [6.45, 7) is 4.09. The second-order valence-electron chi connectivity index (χ2n) is 4.59. The average molecular weight is 319 g/mol. The van der Waals surface area contributed by atoms with Gasteiger partial charge in [-0.3, -0.25) is 9.59 Å². The molecule has 1 aromatic heterocycles. The molecule has 0 atom stereocenters. The van der Waals surface area contributed by atoms with E-state index in [1.807, 2.05) is 13.8 Å². The largest absolute Gasteiger partial charge is 0.481 e. The lowest BCUT2D eigenvalue weighted by Gasteiger charge is -2.26. The summed E-state index contributed by atoms with van der Waals surface area (Å²) in [5.74, 6) is -1.12. The van der Waals surface area contributed by atoms with Crippen molar-refractivity contribution in [3.63, 3.8) is 0 Å². The Balaban J connectivity index is 2.82. The lowest BCUT2D eigenvalue weighted by atomic mass is 10.2. The molecule has 0 aliphatic heterocycles. The van der Waals surface area contributed by atoms with Gasteiger partial charge in [0.05, 0.1) is 10.6 Å². The van der Waals surface area contributed by atoms with Gasteiger partial charge >= 0.3 is 5.97 Å². The van der Waals surface area contributed by atoms with Crippen LogP contribution in [0.15, 0.2) is 12.3 Å².